The SMILES string of the molecule is COCC(C(=O)O)N1CCC(C)C1. The Balaban J connectivity index is 2.49. The molecule has 1 heterocycles. The second-order valence-corrected chi connectivity index (χ2v) is 3.70. The Labute approximate surface area is 78.5 Å². The highest BCUT2D eigenvalue weighted by Gasteiger charge is 2.30. The quantitative estimate of drug-likeness (QED) is 0.693. The third kappa shape index (κ3) is 2.67. The molecule has 2 atom stereocenters. The van der Waals surface area contributed by atoms with Crippen LogP contribution >= 0.6 is 0 Å². The van der Waals surface area contributed by atoms with E-state index in [1.165, 1.54) is 7.11 Å². The summed E-state index contributed by atoms with van der Waals surface area (Å²) in [5.74, 6) is -0.172. The molecule has 1 N–H and O–H groups in total. The molecule has 0 aromatic rings. The molecule has 0 aliphatic carbocycles. The van der Waals surface area contributed by atoms with Crippen molar-refractivity contribution in [3.63, 3.8) is 0 Å². The Morgan fingerprint density at radius 1 is 1.77 bits per heavy atom. The van der Waals surface area contributed by atoms with Crippen molar-refractivity contribution in [2.75, 3.05) is 26.8 Å². The number of hydrogen-bond donors (Lipinski definition) is 1. The van der Waals surface area contributed by atoms with Crippen molar-refractivity contribution in [3.05, 3.63) is 0 Å². The summed E-state index contributed by atoms with van der Waals surface area (Å²) in [5, 5.41) is 8.93. The molecule has 1 aliphatic rings. The van der Waals surface area contributed by atoms with Gasteiger partial charge in [0.1, 0.15) is 6.04 Å². The predicted molar refractivity (Wildman–Crippen MR) is 48.7 cm³/mol. The highest BCUT2D eigenvalue weighted by atomic mass is 16.5. The molecule has 0 radical (unpaired) electrons. The number of rotatable bonds is 4. The van der Waals surface area contributed by atoms with Crippen LogP contribution in [0.4, 0.5) is 0 Å². The first-order valence-electron chi connectivity index (χ1n) is 4.61. The first-order valence-corrected chi connectivity index (χ1v) is 4.61. The fraction of sp³-hybridized carbons (Fsp3) is 0.889. The highest BCUT2D eigenvalue weighted by molar-refractivity contribution is 5.73. The van der Waals surface area contributed by atoms with Gasteiger partial charge in [-0.1, -0.05) is 6.92 Å². The summed E-state index contributed by atoms with van der Waals surface area (Å²) in [7, 11) is 1.54. The Morgan fingerprint density at radius 3 is 2.85 bits per heavy atom. The van der Waals surface area contributed by atoms with E-state index < -0.39 is 12.0 Å². The van der Waals surface area contributed by atoms with Gasteiger partial charge in [0.2, 0.25) is 0 Å². The number of carbonyl (C=O) groups is 1. The van der Waals surface area contributed by atoms with Gasteiger partial charge in [0.25, 0.3) is 0 Å². The Hall–Kier alpha value is -0.610. The van der Waals surface area contributed by atoms with E-state index in [1.807, 2.05) is 4.90 Å². The van der Waals surface area contributed by atoms with E-state index in [0.29, 0.717) is 5.92 Å². The normalized spacial score (nSPS) is 26.2. The van der Waals surface area contributed by atoms with Crippen LogP contribution in [0.1, 0.15) is 13.3 Å². The van der Waals surface area contributed by atoms with Gasteiger partial charge >= 0.3 is 5.97 Å². The lowest BCUT2D eigenvalue weighted by Crippen LogP contribution is -2.42. The van der Waals surface area contributed by atoms with Gasteiger partial charge in [-0.05, 0) is 18.9 Å². The summed E-state index contributed by atoms with van der Waals surface area (Å²) >= 11 is 0. The molecule has 1 fully saturated rings. The van der Waals surface area contributed by atoms with Gasteiger partial charge in [0, 0.05) is 13.7 Å². The lowest BCUT2D eigenvalue weighted by molar-refractivity contribution is -0.144. The van der Waals surface area contributed by atoms with Gasteiger partial charge in [-0.15, -0.1) is 0 Å². The molecule has 1 aliphatic heterocycles. The van der Waals surface area contributed by atoms with Crippen LogP contribution in [0.2, 0.25) is 0 Å². The lowest BCUT2D eigenvalue weighted by Gasteiger charge is -2.22. The standard InChI is InChI=1S/C9H17NO3/c1-7-3-4-10(5-7)8(6-13-2)9(11)12/h7-8H,3-6H2,1-2H3,(H,11,12). The second-order valence-electron chi connectivity index (χ2n) is 3.70. The van der Waals surface area contributed by atoms with Gasteiger partial charge in [0.15, 0.2) is 0 Å². The first-order chi connectivity index (χ1) is 6.15. The summed E-state index contributed by atoms with van der Waals surface area (Å²) in [4.78, 5) is 12.8. The fourth-order valence-electron chi connectivity index (χ4n) is 1.74. The van der Waals surface area contributed by atoms with E-state index in [1.54, 1.807) is 0 Å². The van der Waals surface area contributed by atoms with E-state index in [2.05, 4.69) is 6.92 Å². The van der Waals surface area contributed by atoms with Crippen molar-refractivity contribution in [3.8, 4) is 0 Å². The van der Waals surface area contributed by atoms with Crippen LogP contribution < -0.4 is 0 Å². The Bertz CT molecular complexity index is 184. The fourth-order valence-corrected chi connectivity index (χ4v) is 1.74. The van der Waals surface area contributed by atoms with Gasteiger partial charge < -0.3 is 9.84 Å². The highest BCUT2D eigenvalue weighted by Crippen LogP contribution is 2.17. The van der Waals surface area contributed by atoms with Crippen LogP contribution in [0.5, 0.6) is 0 Å². The van der Waals surface area contributed by atoms with Crippen molar-refractivity contribution in [2.24, 2.45) is 5.92 Å². The minimum atomic E-state index is -0.782. The summed E-state index contributed by atoms with van der Waals surface area (Å²) in [5.41, 5.74) is 0. The Kier molecular flexibility index (Phi) is 3.69. The molecule has 4 nitrogen and oxygen atoms in total. The molecule has 0 amide bonds. The zero-order valence-electron chi connectivity index (χ0n) is 8.19. The second kappa shape index (κ2) is 4.58. The van der Waals surface area contributed by atoms with E-state index >= 15 is 0 Å². The summed E-state index contributed by atoms with van der Waals surface area (Å²) < 4.78 is 4.89. The number of nitrogens with zero attached hydrogens (tertiary/aromatic N) is 1. The van der Waals surface area contributed by atoms with Crippen molar-refractivity contribution in [1.82, 2.24) is 4.90 Å². The first kappa shape index (κ1) is 10.5. The number of aliphatic carboxylic acids is 1. The van der Waals surface area contributed by atoms with Crippen LogP contribution in [0.3, 0.4) is 0 Å². The third-order valence-corrected chi connectivity index (χ3v) is 2.51. The van der Waals surface area contributed by atoms with E-state index in [4.69, 9.17) is 9.84 Å². The summed E-state index contributed by atoms with van der Waals surface area (Å²) in [6.45, 7) is 4.18. The number of ether oxygens (including phenoxy) is 1. The predicted octanol–water partition coefficient (Wildman–Crippen LogP) is 0.428. The molecular weight excluding hydrogens is 170 g/mol. The molecule has 0 bridgehead atoms. The van der Waals surface area contributed by atoms with Crippen molar-refractivity contribution >= 4 is 5.97 Å². The molecule has 76 valence electrons. The van der Waals surface area contributed by atoms with Crippen molar-refractivity contribution in [2.45, 2.75) is 19.4 Å². The van der Waals surface area contributed by atoms with E-state index in [9.17, 15) is 4.79 Å². The minimum Gasteiger partial charge on any atom is -0.480 e. The van der Waals surface area contributed by atoms with Crippen LogP contribution in [0.15, 0.2) is 0 Å². The topological polar surface area (TPSA) is 49.8 Å². The number of hydrogen-bond acceptors (Lipinski definition) is 3. The molecular formula is C9H17NO3. The van der Waals surface area contributed by atoms with Crippen LogP contribution in [0.25, 0.3) is 0 Å². The molecule has 0 aromatic carbocycles. The minimum absolute atomic E-state index is 0.280. The zero-order valence-corrected chi connectivity index (χ0v) is 8.19. The largest absolute Gasteiger partial charge is 0.480 e. The molecule has 2 unspecified atom stereocenters. The van der Waals surface area contributed by atoms with Crippen molar-refractivity contribution < 1.29 is 14.6 Å². The lowest BCUT2D eigenvalue weighted by atomic mass is 10.2. The molecule has 1 rings (SSSR count). The zero-order chi connectivity index (χ0) is 9.84. The van der Waals surface area contributed by atoms with Gasteiger partial charge in [-0.3, -0.25) is 9.69 Å². The van der Waals surface area contributed by atoms with Crippen molar-refractivity contribution in [1.29, 1.82) is 0 Å². The molecule has 4 heteroatoms. The van der Waals surface area contributed by atoms with Crippen LogP contribution in [-0.2, 0) is 9.53 Å². The smallest absolute Gasteiger partial charge is 0.323 e. The van der Waals surface area contributed by atoms with E-state index in [-0.39, 0.29) is 6.61 Å². The van der Waals surface area contributed by atoms with Gasteiger partial charge in [-0.25, -0.2) is 0 Å². The average Bonchev–Trinajstić information content (AvgIpc) is 2.46. The molecule has 0 aromatic heterocycles. The maximum Gasteiger partial charge on any atom is 0.323 e. The number of carboxylic acid groups (broad SMARTS) is 1. The average molecular weight is 187 g/mol. The molecule has 13 heavy (non-hydrogen) atoms. The van der Waals surface area contributed by atoms with E-state index in [0.717, 1.165) is 19.5 Å². The van der Waals surface area contributed by atoms with Gasteiger partial charge in [-0.2, -0.15) is 0 Å². The van der Waals surface area contributed by atoms with Gasteiger partial charge in [0.05, 0.1) is 6.61 Å². The maximum atomic E-state index is 10.9. The summed E-state index contributed by atoms with van der Waals surface area (Å²) in [6.07, 6.45) is 1.09. The van der Waals surface area contributed by atoms with Crippen LogP contribution in [-0.4, -0.2) is 48.8 Å². The number of carboxylic acids is 1. The Morgan fingerprint density at radius 2 is 2.46 bits per heavy atom. The maximum absolute atomic E-state index is 10.9. The van der Waals surface area contributed by atoms with Crippen LogP contribution in [0, 0.1) is 5.92 Å². The summed E-state index contributed by atoms with van der Waals surface area (Å²) in [6, 6.07) is -0.463. The number of methoxy groups -OCH3 is 1. The number of likely N-dealkylation sites (tertiary alicyclic amines) is 1. The third-order valence-electron chi connectivity index (χ3n) is 2.51. The monoisotopic (exact) mass is 187 g/mol. The molecule has 0 spiro atoms. The molecule has 0 saturated carbocycles. The molecule has 1 saturated heterocycles.